The molecule has 4 heteroatoms. The molecular formula is C9H10O3S. The Labute approximate surface area is 80.4 Å². The lowest BCUT2D eigenvalue weighted by atomic mass is 10.1. The van der Waals surface area contributed by atoms with Crippen LogP contribution in [-0.4, -0.2) is 22.4 Å². The van der Waals surface area contributed by atoms with Crippen LogP contribution in [-0.2, 0) is 0 Å². The third-order valence-corrected chi connectivity index (χ3v) is 2.48. The summed E-state index contributed by atoms with van der Waals surface area (Å²) in [7, 11) is 0. The predicted octanol–water partition coefficient (Wildman–Crippen LogP) is 2.12. The Morgan fingerprint density at radius 2 is 2.08 bits per heavy atom. The van der Waals surface area contributed by atoms with E-state index in [9.17, 15) is 9.90 Å². The molecular weight excluding hydrogens is 188 g/mol. The summed E-state index contributed by atoms with van der Waals surface area (Å²) >= 11 is 1.31. The summed E-state index contributed by atoms with van der Waals surface area (Å²) in [5.41, 5.74) is 0.849. The molecule has 1 rings (SSSR count). The zero-order chi connectivity index (χ0) is 10.0. The topological polar surface area (TPSA) is 57.5 Å². The van der Waals surface area contributed by atoms with E-state index in [0.717, 1.165) is 0 Å². The number of phenolic OH excluding ortho intramolecular Hbond substituents is 1. The third-order valence-electron chi connectivity index (χ3n) is 1.72. The van der Waals surface area contributed by atoms with Gasteiger partial charge in [-0.2, -0.15) is 0 Å². The van der Waals surface area contributed by atoms with Crippen molar-refractivity contribution in [3.63, 3.8) is 0 Å². The van der Waals surface area contributed by atoms with E-state index in [1.807, 2.05) is 0 Å². The average molecular weight is 198 g/mol. The van der Waals surface area contributed by atoms with Crippen molar-refractivity contribution in [3.05, 3.63) is 23.3 Å². The second-order valence-corrected chi connectivity index (χ2v) is 3.49. The van der Waals surface area contributed by atoms with Crippen LogP contribution in [0.1, 0.15) is 15.9 Å². The van der Waals surface area contributed by atoms with Crippen molar-refractivity contribution in [2.75, 3.05) is 6.26 Å². The van der Waals surface area contributed by atoms with Gasteiger partial charge in [-0.1, -0.05) is 0 Å². The maximum Gasteiger partial charge on any atom is 0.337 e. The minimum Gasteiger partial charge on any atom is -0.508 e. The molecule has 0 amide bonds. The number of carboxylic acids is 1. The first-order valence-corrected chi connectivity index (χ1v) is 4.89. The lowest BCUT2D eigenvalue weighted by Crippen LogP contribution is -2.01. The molecule has 0 saturated heterocycles. The van der Waals surface area contributed by atoms with Crippen molar-refractivity contribution in [2.24, 2.45) is 0 Å². The molecule has 0 atom stereocenters. The molecule has 0 fully saturated rings. The van der Waals surface area contributed by atoms with Crippen LogP contribution in [0.5, 0.6) is 5.75 Å². The number of carboxylic acid groups (broad SMARTS) is 1. The van der Waals surface area contributed by atoms with Crippen molar-refractivity contribution >= 4 is 17.7 Å². The monoisotopic (exact) mass is 198 g/mol. The van der Waals surface area contributed by atoms with E-state index < -0.39 is 5.97 Å². The Morgan fingerprint density at radius 3 is 2.54 bits per heavy atom. The Balaban J connectivity index is 3.38. The number of aromatic hydroxyl groups is 1. The zero-order valence-corrected chi connectivity index (χ0v) is 8.18. The van der Waals surface area contributed by atoms with Gasteiger partial charge in [-0.25, -0.2) is 4.79 Å². The molecule has 0 aromatic heterocycles. The molecule has 0 heterocycles. The molecule has 2 N–H and O–H groups in total. The fourth-order valence-electron chi connectivity index (χ4n) is 1.17. The SMILES string of the molecule is CSc1cc(O)cc(C)c1C(=O)O. The molecule has 0 radical (unpaired) electrons. The molecule has 0 bridgehead atoms. The second-order valence-electron chi connectivity index (χ2n) is 2.65. The van der Waals surface area contributed by atoms with Gasteiger partial charge >= 0.3 is 5.97 Å². The van der Waals surface area contributed by atoms with Crippen molar-refractivity contribution in [2.45, 2.75) is 11.8 Å². The Hall–Kier alpha value is -1.16. The lowest BCUT2D eigenvalue weighted by Gasteiger charge is -2.06. The number of rotatable bonds is 2. The van der Waals surface area contributed by atoms with Crippen LogP contribution in [0.3, 0.4) is 0 Å². The minimum atomic E-state index is -0.957. The molecule has 1 aromatic carbocycles. The van der Waals surface area contributed by atoms with E-state index in [1.165, 1.54) is 23.9 Å². The number of benzene rings is 1. The summed E-state index contributed by atoms with van der Waals surface area (Å²) < 4.78 is 0. The average Bonchev–Trinajstić information content (AvgIpc) is 2.01. The van der Waals surface area contributed by atoms with Crippen LogP contribution in [0.2, 0.25) is 0 Å². The highest BCUT2D eigenvalue weighted by atomic mass is 32.2. The van der Waals surface area contributed by atoms with Gasteiger partial charge in [-0.3, -0.25) is 0 Å². The number of phenols is 1. The Morgan fingerprint density at radius 1 is 1.46 bits per heavy atom. The van der Waals surface area contributed by atoms with Crippen molar-refractivity contribution < 1.29 is 15.0 Å². The standard InChI is InChI=1S/C9H10O3S/c1-5-3-6(10)4-7(13-2)8(5)9(11)12/h3-4,10H,1-2H3,(H,11,12). The second kappa shape index (κ2) is 3.70. The molecule has 13 heavy (non-hydrogen) atoms. The van der Waals surface area contributed by atoms with E-state index >= 15 is 0 Å². The van der Waals surface area contributed by atoms with Crippen molar-refractivity contribution in [1.82, 2.24) is 0 Å². The number of aromatic carboxylic acids is 1. The van der Waals surface area contributed by atoms with Crippen LogP contribution < -0.4 is 0 Å². The predicted molar refractivity (Wildman–Crippen MR) is 51.6 cm³/mol. The fraction of sp³-hybridized carbons (Fsp3) is 0.222. The van der Waals surface area contributed by atoms with E-state index in [-0.39, 0.29) is 11.3 Å². The van der Waals surface area contributed by atoms with Gasteiger partial charge in [0.25, 0.3) is 0 Å². The number of aryl methyl sites for hydroxylation is 1. The third kappa shape index (κ3) is 1.95. The van der Waals surface area contributed by atoms with E-state index in [1.54, 1.807) is 13.2 Å². The highest BCUT2D eigenvalue weighted by Crippen LogP contribution is 2.28. The molecule has 70 valence electrons. The first-order valence-electron chi connectivity index (χ1n) is 3.67. The molecule has 1 aromatic rings. The number of thioether (sulfide) groups is 1. The van der Waals surface area contributed by atoms with Crippen LogP contribution >= 0.6 is 11.8 Å². The number of hydrogen-bond donors (Lipinski definition) is 2. The maximum atomic E-state index is 10.8. The summed E-state index contributed by atoms with van der Waals surface area (Å²) in [6.45, 7) is 1.67. The van der Waals surface area contributed by atoms with Gasteiger partial charge in [0.05, 0.1) is 5.56 Å². The van der Waals surface area contributed by atoms with Crippen LogP contribution in [0.15, 0.2) is 17.0 Å². The summed E-state index contributed by atoms with van der Waals surface area (Å²) in [6, 6.07) is 2.91. The van der Waals surface area contributed by atoms with Gasteiger partial charge in [0, 0.05) is 4.90 Å². The highest BCUT2D eigenvalue weighted by Gasteiger charge is 2.13. The fourth-order valence-corrected chi connectivity index (χ4v) is 1.86. The summed E-state index contributed by atoms with van der Waals surface area (Å²) in [4.78, 5) is 11.4. The molecule has 0 aliphatic rings. The normalized spacial score (nSPS) is 10.0. The Kier molecular flexibility index (Phi) is 2.83. The van der Waals surface area contributed by atoms with E-state index in [2.05, 4.69) is 0 Å². The van der Waals surface area contributed by atoms with Crippen LogP contribution in [0.25, 0.3) is 0 Å². The van der Waals surface area contributed by atoms with Gasteiger partial charge in [0.15, 0.2) is 0 Å². The van der Waals surface area contributed by atoms with E-state index in [0.29, 0.717) is 10.5 Å². The molecule has 0 aliphatic heterocycles. The first-order chi connectivity index (χ1) is 6.06. The molecule has 0 unspecified atom stereocenters. The van der Waals surface area contributed by atoms with E-state index in [4.69, 9.17) is 5.11 Å². The Bertz CT molecular complexity index is 347. The highest BCUT2D eigenvalue weighted by molar-refractivity contribution is 7.98. The number of carbonyl (C=O) groups is 1. The maximum absolute atomic E-state index is 10.8. The molecule has 0 spiro atoms. The summed E-state index contributed by atoms with van der Waals surface area (Å²) in [5, 5.41) is 18.1. The van der Waals surface area contributed by atoms with Gasteiger partial charge < -0.3 is 10.2 Å². The van der Waals surface area contributed by atoms with Gasteiger partial charge in [0.2, 0.25) is 0 Å². The summed E-state index contributed by atoms with van der Waals surface area (Å²) in [5.74, 6) is -0.853. The largest absolute Gasteiger partial charge is 0.508 e. The quantitative estimate of drug-likeness (QED) is 0.715. The zero-order valence-electron chi connectivity index (χ0n) is 7.37. The van der Waals surface area contributed by atoms with Crippen molar-refractivity contribution in [1.29, 1.82) is 0 Å². The van der Waals surface area contributed by atoms with Crippen molar-refractivity contribution in [3.8, 4) is 5.75 Å². The van der Waals surface area contributed by atoms with Crippen LogP contribution in [0.4, 0.5) is 0 Å². The van der Waals surface area contributed by atoms with Gasteiger partial charge in [0.1, 0.15) is 5.75 Å². The lowest BCUT2D eigenvalue weighted by molar-refractivity contribution is 0.0692. The summed E-state index contributed by atoms with van der Waals surface area (Å²) in [6.07, 6.45) is 1.78. The number of hydrogen-bond acceptors (Lipinski definition) is 3. The van der Waals surface area contributed by atoms with Crippen LogP contribution in [0, 0.1) is 6.92 Å². The van der Waals surface area contributed by atoms with Gasteiger partial charge in [-0.15, -0.1) is 11.8 Å². The molecule has 0 aliphatic carbocycles. The minimum absolute atomic E-state index is 0.104. The molecule has 0 saturated carbocycles. The molecule has 3 nitrogen and oxygen atoms in total. The van der Waals surface area contributed by atoms with Gasteiger partial charge in [-0.05, 0) is 30.9 Å². The first kappa shape index (κ1) is 9.92. The smallest absolute Gasteiger partial charge is 0.337 e.